The van der Waals surface area contributed by atoms with Gasteiger partial charge in [0, 0.05) is 13.0 Å². The summed E-state index contributed by atoms with van der Waals surface area (Å²) in [7, 11) is 0. The maximum atomic E-state index is 12.3. The van der Waals surface area contributed by atoms with Gasteiger partial charge in [0.05, 0.1) is 23.3 Å². The number of anilines is 1. The zero-order valence-electron chi connectivity index (χ0n) is 17.9. The van der Waals surface area contributed by atoms with Gasteiger partial charge in [0.2, 0.25) is 5.89 Å². The van der Waals surface area contributed by atoms with E-state index < -0.39 is 5.76 Å². The summed E-state index contributed by atoms with van der Waals surface area (Å²) < 4.78 is 13.4. The van der Waals surface area contributed by atoms with Crippen molar-refractivity contribution in [2.45, 2.75) is 25.4 Å². The lowest BCUT2D eigenvalue weighted by molar-refractivity contribution is -0.118. The molecule has 12 nitrogen and oxygen atoms in total. The monoisotopic (exact) mass is 461 g/mol. The van der Waals surface area contributed by atoms with E-state index >= 15 is 0 Å². The fraction of sp³-hybridized carbons (Fsp3) is 0.273. The molecule has 0 saturated carbocycles. The molecule has 0 unspecified atom stereocenters. The SMILES string of the molecule is O=C1COc2ccc(-n3nc(CCCN[C@@H]4Cn5c(=O)cnc6cccc4c65)oc3=O)nc2N1. The Labute approximate surface area is 191 Å². The van der Waals surface area contributed by atoms with Gasteiger partial charge in [0.15, 0.2) is 24.0 Å². The molecule has 0 spiro atoms. The Kier molecular flexibility index (Phi) is 4.73. The summed E-state index contributed by atoms with van der Waals surface area (Å²) in [5.41, 5.74) is 2.61. The predicted molar refractivity (Wildman–Crippen MR) is 119 cm³/mol. The minimum absolute atomic E-state index is 0.00212. The van der Waals surface area contributed by atoms with Gasteiger partial charge in [0.25, 0.3) is 11.5 Å². The second kappa shape index (κ2) is 7.92. The number of aromatic nitrogens is 5. The van der Waals surface area contributed by atoms with Crippen LogP contribution in [0.2, 0.25) is 0 Å². The molecule has 0 fully saturated rings. The number of rotatable bonds is 6. The van der Waals surface area contributed by atoms with E-state index in [4.69, 9.17) is 9.15 Å². The summed E-state index contributed by atoms with van der Waals surface area (Å²) >= 11 is 0. The van der Waals surface area contributed by atoms with Crippen LogP contribution in [0.5, 0.6) is 5.75 Å². The number of pyridine rings is 1. The van der Waals surface area contributed by atoms with Crippen molar-refractivity contribution in [1.29, 1.82) is 0 Å². The molecule has 1 amide bonds. The Bertz CT molecular complexity index is 1550. The molecule has 0 saturated heterocycles. The van der Waals surface area contributed by atoms with Crippen LogP contribution in [0.15, 0.2) is 50.5 Å². The van der Waals surface area contributed by atoms with Crippen molar-refractivity contribution < 1.29 is 13.9 Å². The summed E-state index contributed by atoms with van der Waals surface area (Å²) in [5, 5.41) is 10.3. The average Bonchev–Trinajstić information content (AvgIpc) is 3.40. The van der Waals surface area contributed by atoms with Crippen molar-refractivity contribution in [1.82, 2.24) is 29.6 Å². The molecule has 3 aromatic heterocycles. The van der Waals surface area contributed by atoms with E-state index in [9.17, 15) is 14.4 Å². The van der Waals surface area contributed by atoms with Crippen molar-refractivity contribution in [2.75, 3.05) is 18.5 Å². The number of hydrogen-bond acceptors (Lipinski definition) is 9. The number of nitrogens with zero attached hydrogens (tertiary/aromatic N) is 5. The number of fused-ring (bicyclic) bond motifs is 1. The van der Waals surface area contributed by atoms with Gasteiger partial charge >= 0.3 is 5.76 Å². The van der Waals surface area contributed by atoms with Crippen LogP contribution in [0.3, 0.4) is 0 Å². The van der Waals surface area contributed by atoms with Crippen molar-refractivity contribution in [3.8, 4) is 11.6 Å². The number of aryl methyl sites for hydroxylation is 1. The second-order valence-electron chi connectivity index (χ2n) is 8.06. The third-order valence-corrected chi connectivity index (χ3v) is 5.86. The lowest BCUT2D eigenvalue weighted by Gasteiger charge is -2.16. The number of nitrogens with one attached hydrogen (secondary N) is 2. The van der Waals surface area contributed by atoms with E-state index in [1.54, 1.807) is 16.7 Å². The number of para-hydroxylation sites is 1. The number of amides is 1. The molecule has 2 N–H and O–H groups in total. The van der Waals surface area contributed by atoms with Crippen LogP contribution in [0.4, 0.5) is 5.82 Å². The lowest BCUT2D eigenvalue weighted by Crippen LogP contribution is -2.27. The molecular weight excluding hydrogens is 442 g/mol. The maximum Gasteiger partial charge on any atom is 0.443 e. The molecule has 172 valence electrons. The molecule has 12 heteroatoms. The van der Waals surface area contributed by atoms with E-state index in [0.29, 0.717) is 31.7 Å². The molecule has 4 aromatic rings. The number of carbonyl (C=O) groups is 1. The first kappa shape index (κ1) is 20.3. The highest BCUT2D eigenvalue weighted by atomic mass is 16.5. The minimum atomic E-state index is -0.664. The van der Waals surface area contributed by atoms with Crippen LogP contribution in [0.1, 0.15) is 23.9 Å². The summed E-state index contributed by atoms with van der Waals surface area (Å²) in [6, 6.07) is 9.02. The summed E-state index contributed by atoms with van der Waals surface area (Å²) in [6.07, 6.45) is 2.45. The average molecular weight is 461 g/mol. The molecule has 5 heterocycles. The molecule has 2 aliphatic rings. The van der Waals surface area contributed by atoms with Gasteiger partial charge in [-0.05, 0) is 36.7 Å². The molecule has 6 rings (SSSR count). The third kappa shape index (κ3) is 3.44. The number of benzene rings is 1. The molecule has 0 bridgehead atoms. The molecular formula is C22H19N7O5. The standard InChI is InChI=1S/C22H19N7O5/c30-17-11-33-15-6-7-16(25-21(15)26-17)29-22(32)34-18(27-29)5-2-8-23-14-10-28-19(31)9-24-13-4-1-3-12(14)20(13)28/h1,3-4,6-7,9,14,23H,2,5,8,10-11H2,(H,25,26,30)/t14-/m1/s1. The van der Waals surface area contributed by atoms with E-state index in [1.165, 1.54) is 6.20 Å². The van der Waals surface area contributed by atoms with E-state index in [0.717, 1.165) is 21.3 Å². The highest BCUT2D eigenvalue weighted by Crippen LogP contribution is 2.29. The van der Waals surface area contributed by atoms with Crippen LogP contribution in [0, 0.1) is 0 Å². The van der Waals surface area contributed by atoms with Gasteiger partial charge in [-0.1, -0.05) is 12.1 Å². The van der Waals surface area contributed by atoms with Gasteiger partial charge in [-0.25, -0.2) is 14.8 Å². The quantitative estimate of drug-likeness (QED) is 0.393. The van der Waals surface area contributed by atoms with Crippen molar-refractivity contribution in [2.24, 2.45) is 0 Å². The van der Waals surface area contributed by atoms with Crippen LogP contribution < -0.4 is 26.7 Å². The van der Waals surface area contributed by atoms with E-state index in [1.807, 2.05) is 18.2 Å². The number of hydrogen-bond donors (Lipinski definition) is 2. The third-order valence-electron chi connectivity index (χ3n) is 5.86. The zero-order valence-corrected chi connectivity index (χ0v) is 17.9. The lowest BCUT2D eigenvalue weighted by atomic mass is 10.1. The Balaban J connectivity index is 1.11. The molecule has 0 radical (unpaired) electrons. The Morgan fingerprint density at radius 2 is 2.09 bits per heavy atom. The highest BCUT2D eigenvalue weighted by molar-refractivity contribution is 5.94. The Morgan fingerprint density at radius 1 is 1.18 bits per heavy atom. The zero-order chi connectivity index (χ0) is 23.2. The van der Waals surface area contributed by atoms with Gasteiger partial charge in [-0.15, -0.1) is 9.78 Å². The molecule has 1 atom stereocenters. The normalized spacial score (nSPS) is 16.4. The smallest absolute Gasteiger partial charge is 0.443 e. The highest BCUT2D eigenvalue weighted by Gasteiger charge is 2.25. The first-order valence-corrected chi connectivity index (χ1v) is 10.8. The van der Waals surface area contributed by atoms with Gasteiger partial charge < -0.3 is 24.4 Å². The summed E-state index contributed by atoms with van der Waals surface area (Å²) in [6.45, 7) is 1.10. The van der Waals surface area contributed by atoms with Gasteiger partial charge in [0.1, 0.15) is 0 Å². The largest absolute Gasteiger partial charge is 0.480 e. The molecule has 1 aromatic carbocycles. The van der Waals surface area contributed by atoms with Crippen LogP contribution in [0.25, 0.3) is 16.9 Å². The summed E-state index contributed by atoms with van der Waals surface area (Å²) in [4.78, 5) is 44.5. The molecule has 0 aliphatic carbocycles. The molecule has 2 aliphatic heterocycles. The second-order valence-corrected chi connectivity index (χ2v) is 8.06. The summed E-state index contributed by atoms with van der Waals surface area (Å²) in [5.74, 6) is 0.177. The minimum Gasteiger partial charge on any atom is -0.480 e. The predicted octanol–water partition coefficient (Wildman–Crippen LogP) is 0.538. The van der Waals surface area contributed by atoms with Gasteiger partial charge in [-0.3, -0.25) is 9.59 Å². The van der Waals surface area contributed by atoms with E-state index in [-0.39, 0.29) is 41.6 Å². The number of ether oxygens (including phenoxy) is 1. The molecule has 34 heavy (non-hydrogen) atoms. The maximum absolute atomic E-state index is 12.3. The van der Waals surface area contributed by atoms with Crippen LogP contribution in [-0.2, 0) is 17.8 Å². The van der Waals surface area contributed by atoms with Crippen molar-refractivity contribution in [3.05, 3.63) is 68.9 Å². The van der Waals surface area contributed by atoms with Crippen molar-refractivity contribution >= 4 is 22.8 Å². The first-order chi connectivity index (χ1) is 16.6. The van der Waals surface area contributed by atoms with E-state index in [2.05, 4.69) is 25.7 Å². The first-order valence-electron chi connectivity index (χ1n) is 10.8. The Hall–Kier alpha value is -4.32. The van der Waals surface area contributed by atoms with Gasteiger partial charge in [-0.2, -0.15) is 0 Å². The van der Waals surface area contributed by atoms with Crippen molar-refractivity contribution in [3.63, 3.8) is 0 Å². The van der Waals surface area contributed by atoms with Crippen LogP contribution >= 0.6 is 0 Å². The number of carbonyl (C=O) groups excluding carboxylic acids is 1. The fourth-order valence-electron chi connectivity index (χ4n) is 4.32. The fourth-order valence-corrected chi connectivity index (χ4v) is 4.32. The Morgan fingerprint density at radius 3 is 3.00 bits per heavy atom. The topological polar surface area (TPSA) is 146 Å². The van der Waals surface area contributed by atoms with Crippen LogP contribution in [-0.4, -0.2) is 43.4 Å².